The molecule has 1 aliphatic rings. The second-order valence-corrected chi connectivity index (χ2v) is 4.52. The standard InChI is InChI=1S/C13H20N2O/c1-10-4-5-12(15(2)3)11(8-10)13-9-14-6-7-16-13/h4-5,8,13-14H,6-7,9H2,1-3H3. The predicted octanol–water partition coefficient (Wildman–Crippen LogP) is 1.72. The fourth-order valence-corrected chi connectivity index (χ4v) is 2.10. The summed E-state index contributed by atoms with van der Waals surface area (Å²) >= 11 is 0. The van der Waals surface area contributed by atoms with Crippen LogP contribution in [-0.2, 0) is 4.74 Å². The van der Waals surface area contributed by atoms with Gasteiger partial charge in [-0.15, -0.1) is 0 Å². The summed E-state index contributed by atoms with van der Waals surface area (Å²) in [5.41, 5.74) is 3.83. The van der Waals surface area contributed by atoms with Gasteiger partial charge < -0.3 is 15.0 Å². The molecular formula is C13H20N2O. The van der Waals surface area contributed by atoms with Crippen molar-refractivity contribution in [3.05, 3.63) is 29.3 Å². The van der Waals surface area contributed by atoms with Gasteiger partial charge in [-0.05, 0) is 13.0 Å². The Morgan fingerprint density at radius 2 is 2.19 bits per heavy atom. The lowest BCUT2D eigenvalue weighted by molar-refractivity contribution is 0.0280. The van der Waals surface area contributed by atoms with Crippen molar-refractivity contribution in [1.82, 2.24) is 5.32 Å². The Labute approximate surface area is 97.4 Å². The lowest BCUT2D eigenvalue weighted by atomic mass is 10.0. The summed E-state index contributed by atoms with van der Waals surface area (Å²) in [6, 6.07) is 6.55. The summed E-state index contributed by atoms with van der Waals surface area (Å²) in [7, 11) is 4.15. The molecule has 1 aliphatic heterocycles. The number of anilines is 1. The van der Waals surface area contributed by atoms with Crippen LogP contribution in [0.5, 0.6) is 0 Å². The number of benzene rings is 1. The molecule has 1 saturated heterocycles. The fourth-order valence-electron chi connectivity index (χ4n) is 2.10. The van der Waals surface area contributed by atoms with E-state index in [0.29, 0.717) is 0 Å². The molecule has 0 aromatic heterocycles. The lowest BCUT2D eigenvalue weighted by Crippen LogP contribution is -2.34. The number of ether oxygens (including phenoxy) is 1. The van der Waals surface area contributed by atoms with Gasteiger partial charge in [-0.1, -0.05) is 17.7 Å². The van der Waals surface area contributed by atoms with E-state index < -0.39 is 0 Å². The molecule has 0 aliphatic carbocycles. The minimum absolute atomic E-state index is 0.186. The number of rotatable bonds is 2. The highest BCUT2D eigenvalue weighted by molar-refractivity contribution is 5.55. The Morgan fingerprint density at radius 3 is 2.81 bits per heavy atom. The molecule has 1 fully saturated rings. The van der Waals surface area contributed by atoms with Gasteiger partial charge in [0.25, 0.3) is 0 Å². The minimum Gasteiger partial charge on any atom is -0.377 e. The van der Waals surface area contributed by atoms with Crippen molar-refractivity contribution in [2.45, 2.75) is 13.0 Å². The molecule has 0 radical (unpaired) electrons. The maximum absolute atomic E-state index is 5.82. The van der Waals surface area contributed by atoms with Crippen molar-refractivity contribution in [3.8, 4) is 0 Å². The number of hydrogen-bond donors (Lipinski definition) is 1. The number of nitrogens with one attached hydrogen (secondary N) is 1. The molecule has 1 unspecified atom stereocenters. The number of morpholine rings is 1. The highest BCUT2D eigenvalue weighted by Gasteiger charge is 2.19. The lowest BCUT2D eigenvalue weighted by Gasteiger charge is -2.28. The predicted molar refractivity (Wildman–Crippen MR) is 67.1 cm³/mol. The van der Waals surface area contributed by atoms with Crippen molar-refractivity contribution in [1.29, 1.82) is 0 Å². The quantitative estimate of drug-likeness (QED) is 0.821. The summed E-state index contributed by atoms with van der Waals surface area (Å²) in [5, 5.41) is 3.38. The number of hydrogen-bond acceptors (Lipinski definition) is 3. The first-order valence-electron chi connectivity index (χ1n) is 5.78. The van der Waals surface area contributed by atoms with Crippen molar-refractivity contribution in [3.63, 3.8) is 0 Å². The molecule has 0 spiro atoms. The van der Waals surface area contributed by atoms with Crippen LogP contribution in [-0.4, -0.2) is 33.8 Å². The molecule has 0 bridgehead atoms. The first-order chi connectivity index (χ1) is 7.68. The van der Waals surface area contributed by atoms with Crippen molar-refractivity contribution >= 4 is 5.69 Å². The fraction of sp³-hybridized carbons (Fsp3) is 0.538. The van der Waals surface area contributed by atoms with Crippen molar-refractivity contribution < 1.29 is 4.74 Å². The highest BCUT2D eigenvalue weighted by atomic mass is 16.5. The Kier molecular flexibility index (Phi) is 3.46. The maximum Gasteiger partial charge on any atom is 0.0969 e. The van der Waals surface area contributed by atoms with Crippen LogP contribution in [0.15, 0.2) is 18.2 Å². The summed E-state index contributed by atoms with van der Waals surface area (Å²) in [4.78, 5) is 2.15. The van der Waals surface area contributed by atoms with Crippen molar-refractivity contribution in [2.75, 3.05) is 38.7 Å². The Morgan fingerprint density at radius 1 is 1.38 bits per heavy atom. The van der Waals surface area contributed by atoms with Crippen LogP contribution in [0, 0.1) is 6.92 Å². The van der Waals surface area contributed by atoms with E-state index >= 15 is 0 Å². The first kappa shape index (κ1) is 11.4. The molecule has 0 saturated carbocycles. The molecule has 16 heavy (non-hydrogen) atoms. The molecule has 88 valence electrons. The number of nitrogens with zero attached hydrogens (tertiary/aromatic N) is 1. The van der Waals surface area contributed by atoms with Gasteiger partial charge in [-0.2, -0.15) is 0 Å². The van der Waals surface area contributed by atoms with Crippen LogP contribution in [0.4, 0.5) is 5.69 Å². The average Bonchev–Trinajstić information content (AvgIpc) is 2.29. The van der Waals surface area contributed by atoms with E-state index in [4.69, 9.17) is 4.74 Å². The van der Waals surface area contributed by atoms with E-state index in [1.807, 2.05) is 0 Å². The zero-order valence-corrected chi connectivity index (χ0v) is 10.3. The Balaban J connectivity index is 2.32. The van der Waals surface area contributed by atoms with Crippen molar-refractivity contribution in [2.24, 2.45) is 0 Å². The second kappa shape index (κ2) is 4.85. The molecular weight excluding hydrogens is 200 g/mol. The van der Waals surface area contributed by atoms with Gasteiger partial charge in [0, 0.05) is 38.4 Å². The smallest absolute Gasteiger partial charge is 0.0969 e. The molecule has 3 heteroatoms. The van der Waals surface area contributed by atoms with E-state index in [1.165, 1.54) is 16.8 Å². The van der Waals surface area contributed by atoms with Crippen LogP contribution < -0.4 is 10.2 Å². The molecule has 0 amide bonds. The van der Waals surface area contributed by atoms with E-state index in [1.54, 1.807) is 0 Å². The third-order valence-corrected chi connectivity index (χ3v) is 2.94. The normalized spacial score (nSPS) is 20.8. The molecule has 1 heterocycles. The Hall–Kier alpha value is -1.06. The highest BCUT2D eigenvalue weighted by Crippen LogP contribution is 2.29. The molecule has 3 nitrogen and oxygen atoms in total. The largest absolute Gasteiger partial charge is 0.377 e. The van der Waals surface area contributed by atoms with Gasteiger partial charge in [0.15, 0.2) is 0 Å². The van der Waals surface area contributed by atoms with Gasteiger partial charge >= 0.3 is 0 Å². The summed E-state index contributed by atoms with van der Waals surface area (Å²) in [5.74, 6) is 0. The first-order valence-corrected chi connectivity index (χ1v) is 5.78. The van der Waals surface area contributed by atoms with Gasteiger partial charge in [-0.3, -0.25) is 0 Å². The maximum atomic E-state index is 5.82. The zero-order chi connectivity index (χ0) is 11.5. The summed E-state index contributed by atoms with van der Waals surface area (Å²) in [6.45, 7) is 4.79. The average molecular weight is 220 g/mol. The van der Waals surface area contributed by atoms with Gasteiger partial charge in [0.05, 0.1) is 12.7 Å². The monoisotopic (exact) mass is 220 g/mol. The van der Waals surface area contributed by atoms with Gasteiger partial charge in [0.2, 0.25) is 0 Å². The van der Waals surface area contributed by atoms with E-state index in [-0.39, 0.29) is 6.10 Å². The third kappa shape index (κ3) is 2.36. The number of aryl methyl sites for hydroxylation is 1. The van der Waals surface area contributed by atoms with Crippen LogP contribution in [0.3, 0.4) is 0 Å². The molecule has 1 aromatic carbocycles. The third-order valence-electron chi connectivity index (χ3n) is 2.94. The summed E-state index contributed by atoms with van der Waals surface area (Å²) < 4.78 is 5.82. The SMILES string of the molecule is Cc1ccc(N(C)C)c(C2CNCCO2)c1. The van der Waals surface area contributed by atoms with Crippen LogP contribution in [0.2, 0.25) is 0 Å². The van der Waals surface area contributed by atoms with E-state index in [0.717, 1.165) is 19.7 Å². The van der Waals surface area contributed by atoms with E-state index in [2.05, 4.69) is 49.4 Å². The second-order valence-electron chi connectivity index (χ2n) is 4.52. The van der Waals surface area contributed by atoms with Crippen LogP contribution in [0.25, 0.3) is 0 Å². The van der Waals surface area contributed by atoms with Crippen LogP contribution >= 0.6 is 0 Å². The topological polar surface area (TPSA) is 24.5 Å². The van der Waals surface area contributed by atoms with Gasteiger partial charge in [0.1, 0.15) is 0 Å². The Bertz CT molecular complexity index is 357. The molecule has 1 atom stereocenters. The zero-order valence-electron chi connectivity index (χ0n) is 10.3. The van der Waals surface area contributed by atoms with Crippen LogP contribution in [0.1, 0.15) is 17.2 Å². The minimum atomic E-state index is 0.186. The van der Waals surface area contributed by atoms with E-state index in [9.17, 15) is 0 Å². The molecule has 1 N–H and O–H groups in total. The molecule has 1 aromatic rings. The molecule has 2 rings (SSSR count). The summed E-state index contributed by atoms with van der Waals surface area (Å²) in [6.07, 6.45) is 0.186. The van der Waals surface area contributed by atoms with Gasteiger partial charge in [-0.25, -0.2) is 0 Å².